The number of rotatable bonds is 0. The van der Waals surface area contributed by atoms with Gasteiger partial charge in [0.05, 0.1) is 33.8 Å². The van der Waals surface area contributed by atoms with Crippen molar-refractivity contribution >= 4 is 27.7 Å². The SMILES string of the molecule is CN1CC[C@@]23C4=CC=C(O)[C@@H]2Oc2c(O)ccc(c23)C[C@H]41.CN1CC[C@]23c4c5ccc(O)c4O[C@H]2C(=O)CC(O)[C@@]3(O)[C@H]1C5.O=C1C=C[C@@]2(O)[C@H]3Cc4ccc(O)c5c4[C@@]2(CCN3)[C@H]1O5.O=S(=O)([O-])[O-].[CH3+].[NH3+]C1CC[C@]23c4c5ccc(O)c4O[C@H]2C(=O)C=C[C@@]3(O)[C@H]1C5. The van der Waals surface area contributed by atoms with Crippen molar-refractivity contribution in [2.75, 3.05) is 33.7 Å². The number of allylic oxidation sites excluding steroid dienone is 2. The van der Waals surface area contributed by atoms with Gasteiger partial charge in [0.25, 0.3) is 0 Å². The number of aliphatic hydroxyl groups is 5. The molecule has 8 bridgehead atoms. The molecule has 4 aromatic carbocycles. The summed E-state index contributed by atoms with van der Waals surface area (Å²) in [7, 11) is -1.07. The van der Waals surface area contributed by atoms with E-state index in [1.165, 1.54) is 23.3 Å². The number of hydrogen-bond donors (Lipinski definition) is 11. The van der Waals surface area contributed by atoms with E-state index in [1.807, 2.05) is 31.3 Å². The minimum atomic E-state index is -5.17. The van der Waals surface area contributed by atoms with E-state index >= 15 is 0 Å². The van der Waals surface area contributed by atoms with E-state index < -0.39 is 67.9 Å². The molecular weight excluding hydrogens is 1220 g/mol. The number of benzene rings is 4. The third-order valence-corrected chi connectivity index (χ3v) is 24.3. The monoisotopic (exact) mass is 1300 g/mol. The molecule has 93 heavy (non-hydrogen) atoms. The zero-order chi connectivity index (χ0) is 64.7. The lowest BCUT2D eigenvalue weighted by atomic mass is 9.46. The van der Waals surface area contributed by atoms with Gasteiger partial charge in [-0.15, -0.1) is 0 Å². The summed E-state index contributed by atoms with van der Waals surface area (Å²) in [5.74, 6) is 1.71. The number of carbonyl (C=O) groups excluding carboxylic acids is 3. The van der Waals surface area contributed by atoms with Gasteiger partial charge in [0, 0.05) is 77.0 Å². The van der Waals surface area contributed by atoms with Gasteiger partial charge in [-0.25, -0.2) is 0 Å². The number of ketones is 3. The quantitative estimate of drug-likeness (QED) is 0.0661. The van der Waals surface area contributed by atoms with Crippen LogP contribution in [0.3, 0.4) is 0 Å². The van der Waals surface area contributed by atoms with E-state index in [-0.39, 0.29) is 95.5 Å². The summed E-state index contributed by atoms with van der Waals surface area (Å²) >= 11 is 0. The van der Waals surface area contributed by atoms with Crippen molar-refractivity contribution in [3.8, 4) is 46.0 Å². The van der Waals surface area contributed by atoms with Crippen LogP contribution in [0.4, 0.5) is 0 Å². The molecule has 0 aromatic heterocycles. The second-order valence-corrected chi connectivity index (χ2v) is 28.7. The van der Waals surface area contributed by atoms with E-state index in [4.69, 9.17) is 36.5 Å². The lowest BCUT2D eigenvalue weighted by molar-refractivity contribution is -0.452. The molecule has 0 amide bonds. The number of aliphatic hydroxyl groups excluding tert-OH is 2. The second-order valence-electron chi connectivity index (χ2n) is 27.9. The first-order chi connectivity index (χ1) is 43.6. The minimum absolute atomic E-state index is 0. The zero-order valence-electron chi connectivity index (χ0n) is 51.1. The molecule has 13 N–H and O–H groups in total. The molecule has 17 atom stereocenters. The van der Waals surface area contributed by atoms with Crippen LogP contribution < -0.4 is 30.0 Å². The lowest BCUT2D eigenvalue weighted by Crippen LogP contribution is -2.80. The van der Waals surface area contributed by atoms with Gasteiger partial charge in [0.2, 0.25) is 0 Å². The fraction of sp³-hybridized carbons (Fsp3) is 0.471. The van der Waals surface area contributed by atoms with Crippen molar-refractivity contribution in [1.29, 1.82) is 0 Å². The first-order valence-corrected chi connectivity index (χ1v) is 32.6. The fourth-order valence-corrected chi connectivity index (χ4v) is 20.5. The summed E-state index contributed by atoms with van der Waals surface area (Å²) in [6, 6.07) is 14.3. The number of phenols is 4. The Balaban J connectivity index is 0.0000000998. The first-order valence-electron chi connectivity index (χ1n) is 31.3. The lowest BCUT2D eigenvalue weighted by Gasteiger charge is -2.63. The maximum absolute atomic E-state index is 12.6. The molecule has 4 spiro atoms. The number of likely N-dealkylation sites (tertiary alicyclic amines) is 2. The Kier molecular flexibility index (Phi) is 13.3. The standard InChI is InChI=1S/C17H19NO5.C17H17NO4.C17H17NO3.C16H15NO4.CH3.H2O4S/c1-18-5-4-16-13-8-2-3-9(19)14(13)23-15(16)10(20)7-12(21)17(16,22)11(18)6-8;18-10-3-5-16-13-8-1-2-11(19)14(13)22-15(16)12(20)4-6-17(16,21)9(10)7-8;1-18-7-6-17-10-3-5-13(20)16(17)21-15-12(19)4-2-9(14(15)17)8-11(10)18;18-9-2-1-8-7-11-16(20)4-3-10(19)14-15(16,5-6-17-11)12(8)13(9)21-14;;1-5(2,3)4/h2-3,11-12,15,19,21-22H,4-7H2,1H3;1-2,4,6,9-10,15,19,21H,3,5,7,18H2;2-5,11,16,19-20H,6-8H2,1H3;1-4,11,14,17-18,20H,5-7H2;1H3;(H2,1,2,3,4)/q;;;;+1;/p-1/t11-,12?,15+,16+,17+;9-,10?,15-,16-,17+;11-,16+,17+;11-,14+,15+,16-;;/m1011../s1. The van der Waals surface area contributed by atoms with Gasteiger partial charge in [-0.2, -0.15) is 0 Å². The number of Topliss-reactive ketones (excluding diaryl/α,β-unsaturated/α-hetero) is 1. The molecule has 20 rings (SSSR count). The van der Waals surface area contributed by atoms with Crippen molar-refractivity contribution in [3.63, 3.8) is 0 Å². The summed E-state index contributed by atoms with van der Waals surface area (Å²) in [5.41, 5.74) is 6.98. The second kappa shape index (κ2) is 20.0. The number of phenolic OH excluding ortho intramolecular Hbond substituents is 4. The van der Waals surface area contributed by atoms with Gasteiger partial charge >= 0.3 is 0 Å². The summed E-state index contributed by atoms with van der Waals surface area (Å²) in [6.45, 7) is 2.41. The largest absolute Gasteiger partial charge is 0.759 e. The Morgan fingerprint density at radius 1 is 0.591 bits per heavy atom. The molecule has 7 heterocycles. The Hall–Kier alpha value is -7.53. The highest BCUT2D eigenvalue weighted by Crippen LogP contribution is 2.68. The highest BCUT2D eigenvalue weighted by Gasteiger charge is 2.77. The average Bonchev–Trinajstić information content (AvgIpc) is 1.62. The number of aromatic hydroxyl groups is 4. The van der Waals surface area contributed by atoms with Crippen LogP contribution in [0.2, 0.25) is 0 Å². The molecule has 9 aliphatic carbocycles. The van der Waals surface area contributed by atoms with Crippen LogP contribution in [0, 0.1) is 13.3 Å². The Labute approximate surface area is 534 Å². The highest BCUT2D eigenvalue weighted by molar-refractivity contribution is 7.79. The van der Waals surface area contributed by atoms with E-state index in [1.54, 1.807) is 42.5 Å². The van der Waals surface area contributed by atoms with Gasteiger partial charge in [-0.05, 0) is 168 Å². The predicted octanol–water partition coefficient (Wildman–Crippen LogP) is 0.878. The molecule has 2 saturated carbocycles. The number of likely N-dealkylation sites (N-methyl/N-ethyl adjacent to an activating group) is 2. The van der Waals surface area contributed by atoms with Crippen molar-refractivity contribution < 1.29 is 103 Å². The molecule has 16 aliphatic rings. The zero-order valence-corrected chi connectivity index (χ0v) is 51.9. The molecule has 7 aliphatic heterocycles. The number of hydrogen-bond acceptors (Lipinski definition) is 23. The first kappa shape index (κ1) is 61.6. The molecule has 3 saturated heterocycles. The number of nitrogens with one attached hydrogen (secondary N) is 1. The van der Waals surface area contributed by atoms with Crippen LogP contribution in [0.1, 0.15) is 83.0 Å². The predicted molar refractivity (Wildman–Crippen MR) is 324 cm³/mol. The van der Waals surface area contributed by atoms with Gasteiger partial charge in [-0.1, -0.05) is 30.3 Å². The van der Waals surface area contributed by atoms with Crippen LogP contribution in [0.5, 0.6) is 46.0 Å². The van der Waals surface area contributed by atoms with Crippen molar-refractivity contribution in [2.45, 2.75) is 157 Å². The molecule has 0 radical (unpaired) electrons. The molecule has 4 aromatic rings. The molecule has 25 heteroatoms. The number of piperidine rings is 3. The maximum Gasteiger partial charge on any atom is 0.196 e. The molecule has 490 valence electrons. The smallest absolute Gasteiger partial charge is 0.196 e. The number of nitrogens with zero attached hydrogens (tertiary/aromatic N) is 2. The van der Waals surface area contributed by atoms with Gasteiger partial charge in [0.1, 0.15) is 22.6 Å². The van der Waals surface area contributed by atoms with E-state index in [9.17, 15) is 60.3 Å². The van der Waals surface area contributed by atoms with Crippen LogP contribution in [-0.4, -0.2) is 196 Å². The number of quaternary nitrogens is 1. The molecule has 2 unspecified atom stereocenters. The summed E-state index contributed by atoms with van der Waals surface area (Å²) in [6.07, 6.45) is 12.5. The molecule has 5 fully saturated rings. The van der Waals surface area contributed by atoms with Gasteiger partial charge in [0.15, 0.2) is 87.8 Å². The number of carbonyl (C=O) groups is 3. The number of ether oxygens (including phenoxy) is 4. The maximum atomic E-state index is 12.6. The summed E-state index contributed by atoms with van der Waals surface area (Å²) in [4.78, 5) is 41.8. The Morgan fingerprint density at radius 2 is 1.09 bits per heavy atom. The minimum Gasteiger partial charge on any atom is -0.759 e. The third kappa shape index (κ3) is 7.57. The van der Waals surface area contributed by atoms with Crippen molar-refractivity contribution in [2.24, 2.45) is 5.92 Å². The summed E-state index contributed by atoms with van der Waals surface area (Å²) in [5, 5.41) is 99.6. The van der Waals surface area contributed by atoms with E-state index in [0.29, 0.717) is 74.1 Å². The molecule has 24 nitrogen and oxygen atoms in total. The van der Waals surface area contributed by atoms with Crippen LogP contribution >= 0.6 is 0 Å². The Morgan fingerprint density at radius 3 is 1.69 bits per heavy atom. The van der Waals surface area contributed by atoms with Crippen molar-refractivity contribution in [3.05, 3.63) is 148 Å². The average molecular weight is 1300 g/mol. The van der Waals surface area contributed by atoms with Gasteiger partial charge < -0.3 is 90.0 Å². The van der Waals surface area contributed by atoms with Crippen LogP contribution in [-0.2, 0) is 72.1 Å². The Bertz CT molecular complexity index is 4240. The van der Waals surface area contributed by atoms with Crippen molar-refractivity contribution in [1.82, 2.24) is 15.1 Å². The normalized spacial score (nSPS) is 39.3. The third-order valence-electron chi connectivity index (χ3n) is 24.3. The molecular formula is C68H72N4O20S. The van der Waals surface area contributed by atoms with E-state index in [2.05, 4.69) is 34.0 Å². The topological polar surface area (TPSA) is 397 Å². The van der Waals surface area contributed by atoms with Gasteiger partial charge in [-0.3, -0.25) is 27.7 Å². The fourth-order valence-electron chi connectivity index (χ4n) is 20.5. The van der Waals surface area contributed by atoms with Crippen LogP contribution in [0.25, 0.3) is 0 Å². The van der Waals surface area contributed by atoms with E-state index in [0.717, 1.165) is 71.3 Å². The highest BCUT2D eigenvalue weighted by atomic mass is 32.3. The summed E-state index contributed by atoms with van der Waals surface area (Å²) < 4.78 is 57.7. The van der Waals surface area contributed by atoms with Crippen LogP contribution in [0.15, 0.2) is 96.3 Å².